The molecule has 1 unspecified atom stereocenters. The zero-order chi connectivity index (χ0) is 12.0. The third-order valence-electron chi connectivity index (χ3n) is 2.93. The van der Waals surface area contributed by atoms with Gasteiger partial charge in [-0.05, 0) is 31.2 Å². The van der Waals surface area contributed by atoms with Crippen molar-refractivity contribution in [1.29, 1.82) is 0 Å². The van der Waals surface area contributed by atoms with E-state index >= 15 is 0 Å². The number of rotatable bonds is 6. The van der Waals surface area contributed by atoms with E-state index in [0.717, 1.165) is 12.1 Å². The van der Waals surface area contributed by atoms with Gasteiger partial charge in [-0.2, -0.15) is 0 Å². The van der Waals surface area contributed by atoms with E-state index in [1.165, 1.54) is 5.56 Å². The first-order valence-electron chi connectivity index (χ1n) is 5.82. The number of hydrogen-bond acceptors (Lipinski definition) is 3. The van der Waals surface area contributed by atoms with E-state index in [-0.39, 0.29) is 6.61 Å². The summed E-state index contributed by atoms with van der Waals surface area (Å²) in [5, 5.41) is 12.2. The summed E-state index contributed by atoms with van der Waals surface area (Å²) < 4.78 is 0. The molecule has 1 rings (SSSR count). The van der Waals surface area contributed by atoms with Crippen molar-refractivity contribution >= 4 is 5.69 Å². The Morgan fingerprint density at radius 1 is 1.31 bits per heavy atom. The van der Waals surface area contributed by atoms with Gasteiger partial charge in [0.05, 0.1) is 6.61 Å². The average molecular weight is 222 g/mol. The van der Waals surface area contributed by atoms with Gasteiger partial charge in [0.1, 0.15) is 0 Å². The molecule has 1 aromatic rings. The van der Waals surface area contributed by atoms with Crippen LogP contribution in [-0.2, 0) is 0 Å². The van der Waals surface area contributed by atoms with Gasteiger partial charge in [-0.1, -0.05) is 19.1 Å². The maximum atomic E-state index is 8.87. The standard InChI is InChI=1S/C13H22N2O/c1-4-13(14-2)11-5-7-12(8-6-11)15(3)9-10-16/h5-8,13-14,16H,4,9-10H2,1-3H3. The van der Waals surface area contributed by atoms with Crippen LogP contribution in [0, 0.1) is 0 Å². The van der Waals surface area contributed by atoms with Gasteiger partial charge in [-0.15, -0.1) is 0 Å². The SMILES string of the molecule is CCC(NC)c1ccc(N(C)CCO)cc1. The van der Waals surface area contributed by atoms with Gasteiger partial charge in [0.15, 0.2) is 0 Å². The molecule has 2 N–H and O–H groups in total. The van der Waals surface area contributed by atoms with Crippen molar-refractivity contribution < 1.29 is 5.11 Å². The minimum atomic E-state index is 0.187. The molecule has 3 heteroatoms. The molecule has 0 saturated carbocycles. The Morgan fingerprint density at radius 3 is 2.38 bits per heavy atom. The van der Waals surface area contributed by atoms with Crippen LogP contribution >= 0.6 is 0 Å². The van der Waals surface area contributed by atoms with Crippen molar-refractivity contribution in [3.63, 3.8) is 0 Å². The molecule has 0 aliphatic rings. The number of benzene rings is 1. The van der Waals surface area contributed by atoms with E-state index in [4.69, 9.17) is 5.11 Å². The second-order valence-corrected chi connectivity index (χ2v) is 3.99. The summed E-state index contributed by atoms with van der Waals surface area (Å²) in [6, 6.07) is 8.93. The second-order valence-electron chi connectivity index (χ2n) is 3.99. The maximum absolute atomic E-state index is 8.87. The van der Waals surface area contributed by atoms with Crippen LogP contribution in [0.1, 0.15) is 24.9 Å². The number of nitrogens with zero attached hydrogens (tertiary/aromatic N) is 1. The zero-order valence-electron chi connectivity index (χ0n) is 10.4. The average Bonchev–Trinajstić information content (AvgIpc) is 2.32. The lowest BCUT2D eigenvalue weighted by Gasteiger charge is -2.20. The van der Waals surface area contributed by atoms with Crippen LogP contribution in [0.3, 0.4) is 0 Å². The minimum absolute atomic E-state index is 0.187. The molecular formula is C13H22N2O. The molecule has 0 aliphatic carbocycles. The van der Waals surface area contributed by atoms with E-state index in [2.05, 4.69) is 36.5 Å². The highest BCUT2D eigenvalue weighted by molar-refractivity contribution is 5.47. The summed E-state index contributed by atoms with van der Waals surface area (Å²) in [6.45, 7) is 3.03. The highest BCUT2D eigenvalue weighted by Crippen LogP contribution is 2.20. The Morgan fingerprint density at radius 2 is 1.94 bits per heavy atom. The molecule has 90 valence electrons. The van der Waals surface area contributed by atoms with E-state index < -0.39 is 0 Å². The molecule has 16 heavy (non-hydrogen) atoms. The number of aliphatic hydroxyl groups is 1. The van der Waals surface area contributed by atoms with Crippen molar-refractivity contribution in [1.82, 2.24) is 5.32 Å². The van der Waals surface area contributed by atoms with Crippen molar-refractivity contribution in [2.75, 3.05) is 32.1 Å². The van der Waals surface area contributed by atoms with Crippen LogP contribution < -0.4 is 10.2 Å². The smallest absolute Gasteiger partial charge is 0.0606 e. The fourth-order valence-electron chi connectivity index (χ4n) is 1.85. The lowest BCUT2D eigenvalue weighted by atomic mass is 10.0. The molecule has 0 aliphatic heterocycles. The van der Waals surface area contributed by atoms with Crippen molar-refractivity contribution in [3.8, 4) is 0 Å². The molecule has 0 saturated heterocycles. The van der Waals surface area contributed by atoms with Crippen LogP contribution in [0.5, 0.6) is 0 Å². The minimum Gasteiger partial charge on any atom is -0.395 e. The summed E-state index contributed by atoms with van der Waals surface area (Å²) >= 11 is 0. The molecule has 1 atom stereocenters. The van der Waals surface area contributed by atoms with Crippen LogP contribution in [0.15, 0.2) is 24.3 Å². The van der Waals surface area contributed by atoms with Gasteiger partial charge in [-0.3, -0.25) is 0 Å². The maximum Gasteiger partial charge on any atom is 0.0606 e. The molecule has 3 nitrogen and oxygen atoms in total. The third kappa shape index (κ3) is 3.22. The molecule has 0 spiro atoms. The van der Waals surface area contributed by atoms with Gasteiger partial charge in [0, 0.05) is 25.3 Å². The van der Waals surface area contributed by atoms with Gasteiger partial charge in [-0.25, -0.2) is 0 Å². The number of nitrogens with one attached hydrogen (secondary N) is 1. The van der Waals surface area contributed by atoms with Gasteiger partial charge in [0.25, 0.3) is 0 Å². The number of anilines is 1. The largest absolute Gasteiger partial charge is 0.395 e. The van der Waals surface area contributed by atoms with Crippen molar-refractivity contribution in [2.24, 2.45) is 0 Å². The Hall–Kier alpha value is -1.06. The molecule has 0 aromatic heterocycles. The van der Waals surface area contributed by atoms with Gasteiger partial charge in [0.2, 0.25) is 0 Å². The number of hydrogen-bond donors (Lipinski definition) is 2. The Kier molecular flexibility index (Phi) is 5.29. The Labute approximate surface area is 98.1 Å². The summed E-state index contributed by atoms with van der Waals surface area (Å²) in [6.07, 6.45) is 1.09. The fourth-order valence-corrected chi connectivity index (χ4v) is 1.85. The lowest BCUT2D eigenvalue weighted by Crippen LogP contribution is -2.21. The van der Waals surface area contributed by atoms with Crippen LogP contribution in [-0.4, -0.2) is 32.4 Å². The predicted molar refractivity (Wildman–Crippen MR) is 68.9 cm³/mol. The first kappa shape index (κ1) is 13.0. The zero-order valence-corrected chi connectivity index (χ0v) is 10.4. The van der Waals surface area contributed by atoms with Gasteiger partial charge >= 0.3 is 0 Å². The van der Waals surface area contributed by atoms with Crippen LogP contribution in [0.25, 0.3) is 0 Å². The third-order valence-corrected chi connectivity index (χ3v) is 2.93. The topological polar surface area (TPSA) is 35.5 Å². The molecular weight excluding hydrogens is 200 g/mol. The van der Waals surface area contributed by atoms with Crippen molar-refractivity contribution in [3.05, 3.63) is 29.8 Å². The highest BCUT2D eigenvalue weighted by Gasteiger charge is 2.06. The second kappa shape index (κ2) is 6.51. The molecule has 0 bridgehead atoms. The normalized spacial score (nSPS) is 12.5. The molecule has 1 aromatic carbocycles. The summed E-state index contributed by atoms with van der Waals surface area (Å²) in [4.78, 5) is 2.05. The molecule has 0 radical (unpaired) electrons. The number of likely N-dealkylation sites (N-methyl/N-ethyl adjacent to an activating group) is 1. The molecule has 0 fully saturated rings. The highest BCUT2D eigenvalue weighted by atomic mass is 16.3. The predicted octanol–water partition coefficient (Wildman–Crippen LogP) is 1.79. The van der Waals surface area contributed by atoms with Crippen molar-refractivity contribution in [2.45, 2.75) is 19.4 Å². The Bertz CT molecular complexity index is 293. The van der Waals surface area contributed by atoms with E-state index in [1.807, 2.05) is 19.0 Å². The molecule has 0 amide bonds. The van der Waals surface area contributed by atoms with Crippen LogP contribution in [0.2, 0.25) is 0 Å². The molecule has 0 heterocycles. The number of aliphatic hydroxyl groups excluding tert-OH is 1. The van der Waals surface area contributed by atoms with Crippen LogP contribution in [0.4, 0.5) is 5.69 Å². The quantitative estimate of drug-likeness (QED) is 0.770. The summed E-state index contributed by atoms with van der Waals surface area (Å²) in [5.41, 5.74) is 2.45. The van der Waals surface area contributed by atoms with E-state index in [9.17, 15) is 0 Å². The summed E-state index contributed by atoms with van der Waals surface area (Å²) in [5.74, 6) is 0. The fraction of sp³-hybridized carbons (Fsp3) is 0.538. The first-order valence-corrected chi connectivity index (χ1v) is 5.82. The monoisotopic (exact) mass is 222 g/mol. The van der Waals surface area contributed by atoms with E-state index in [1.54, 1.807) is 0 Å². The lowest BCUT2D eigenvalue weighted by molar-refractivity contribution is 0.304. The van der Waals surface area contributed by atoms with Gasteiger partial charge < -0.3 is 15.3 Å². The Balaban J connectivity index is 2.74. The first-order chi connectivity index (χ1) is 7.72. The summed E-state index contributed by atoms with van der Waals surface area (Å²) in [7, 11) is 3.97. The van der Waals surface area contributed by atoms with E-state index in [0.29, 0.717) is 12.6 Å².